The van der Waals surface area contributed by atoms with Gasteiger partial charge in [-0.15, -0.1) is 11.6 Å². The summed E-state index contributed by atoms with van der Waals surface area (Å²) in [6.45, 7) is 1.78. The highest BCUT2D eigenvalue weighted by Crippen LogP contribution is 2.22. The summed E-state index contributed by atoms with van der Waals surface area (Å²) in [5.74, 6) is -0.0246. The average Bonchev–Trinajstić information content (AvgIpc) is 2.15. The van der Waals surface area contributed by atoms with Crippen LogP contribution in [0.25, 0.3) is 0 Å². The predicted molar refractivity (Wildman–Crippen MR) is 55.7 cm³/mol. The Morgan fingerprint density at radius 1 is 1.50 bits per heavy atom. The number of hydrogen-bond acceptors (Lipinski definition) is 3. The summed E-state index contributed by atoms with van der Waals surface area (Å²) < 4.78 is 0. The van der Waals surface area contributed by atoms with Crippen LogP contribution in [0.3, 0.4) is 0 Å². The van der Waals surface area contributed by atoms with Gasteiger partial charge in [-0.1, -0.05) is 11.6 Å². The van der Waals surface area contributed by atoms with Gasteiger partial charge in [-0.2, -0.15) is 0 Å². The lowest BCUT2D eigenvalue weighted by Crippen LogP contribution is -2.20. The van der Waals surface area contributed by atoms with Crippen LogP contribution < -0.4 is 0 Å². The highest BCUT2D eigenvalue weighted by Gasteiger charge is 2.19. The predicted octanol–water partition coefficient (Wildman–Crippen LogP) is 1.68. The fourth-order valence-corrected chi connectivity index (χ4v) is 1.51. The minimum absolute atomic E-state index is 0.0246. The molecular weight excluding hydrogens is 225 g/mol. The monoisotopic (exact) mass is 235 g/mol. The minimum Gasteiger partial charge on any atom is -0.389 e. The molecule has 0 bridgehead atoms. The molecule has 0 fully saturated rings. The Labute approximate surface area is 92.3 Å². The second-order valence-electron chi connectivity index (χ2n) is 3.03. The third-order valence-corrected chi connectivity index (χ3v) is 2.48. The molecule has 2 unspecified atom stereocenters. The molecule has 1 aromatic heterocycles. The van der Waals surface area contributed by atoms with Gasteiger partial charge >= 0.3 is 0 Å². The van der Waals surface area contributed by atoms with Crippen molar-refractivity contribution in [3.05, 3.63) is 28.5 Å². The third-order valence-electron chi connectivity index (χ3n) is 1.96. The maximum absolute atomic E-state index is 9.64. The molecule has 2 atom stereocenters. The molecule has 0 amide bonds. The van der Waals surface area contributed by atoms with Gasteiger partial charge < -0.3 is 10.2 Å². The van der Waals surface area contributed by atoms with E-state index in [1.54, 1.807) is 13.0 Å². The van der Waals surface area contributed by atoms with Gasteiger partial charge in [0, 0.05) is 11.8 Å². The van der Waals surface area contributed by atoms with Crippen LogP contribution in [0.15, 0.2) is 12.3 Å². The molecule has 0 saturated heterocycles. The van der Waals surface area contributed by atoms with Crippen LogP contribution in [-0.2, 0) is 0 Å². The van der Waals surface area contributed by atoms with Crippen molar-refractivity contribution in [1.29, 1.82) is 0 Å². The fourth-order valence-electron chi connectivity index (χ4n) is 1.13. The third kappa shape index (κ3) is 2.58. The molecule has 3 nitrogen and oxygen atoms in total. The summed E-state index contributed by atoms with van der Waals surface area (Å²) in [6, 6.07) is 1.63. The first-order chi connectivity index (χ1) is 6.56. The van der Waals surface area contributed by atoms with E-state index >= 15 is 0 Å². The van der Waals surface area contributed by atoms with E-state index in [9.17, 15) is 10.2 Å². The van der Waals surface area contributed by atoms with Crippen molar-refractivity contribution in [2.45, 2.75) is 19.1 Å². The van der Waals surface area contributed by atoms with Crippen molar-refractivity contribution >= 4 is 23.2 Å². The highest BCUT2D eigenvalue weighted by atomic mass is 35.5. The Morgan fingerprint density at radius 3 is 2.64 bits per heavy atom. The highest BCUT2D eigenvalue weighted by molar-refractivity contribution is 6.29. The zero-order chi connectivity index (χ0) is 10.7. The van der Waals surface area contributed by atoms with E-state index in [0.717, 1.165) is 5.56 Å². The average molecular weight is 236 g/mol. The van der Waals surface area contributed by atoms with Crippen molar-refractivity contribution in [3.8, 4) is 0 Å². The number of pyridine rings is 1. The topological polar surface area (TPSA) is 53.4 Å². The minimum atomic E-state index is -1.02. The van der Waals surface area contributed by atoms with Crippen LogP contribution in [-0.4, -0.2) is 27.2 Å². The van der Waals surface area contributed by atoms with E-state index in [0.29, 0.717) is 10.7 Å². The molecule has 0 radical (unpaired) electrons. The van der Waals surface area contributed by atoms with E-state index in [2.05, 4.69) is 4.98 Å². The van der Waals surface area contributed by atoms with E-state index in [4.69, 9.17) is 23.2 Å². The summed E-state index contributed by atoms with van der Waals surface area (Å²) in [5, 5.41) is 19.3. The second-order valence-corrected chi connectivity index (χ2v) is 3.73. The molecule has 14 heavy (non-hydrogen) atoms. The lowest BCUT2D eigenvalue weighted by Gasteiger charge is -2.17. The number of halogens is 2. The molecule has 1 heterocycles. The number of nitrogens with zero attached hydrogens (tertiary/aromatic N) is 1. The van der Waals surface area contributed by atoms with Crippen LogP contribution in [0.5, 0.6) is 0 Å². The number of hydrogen-bond donors (Lipinski definition) is 2. The summed E-state index contributed by atoms with van der Waals surface area (Å²) in [5.41, 5.74) is 1.32. The maximum Gasteiger partial charge on any atom is 0.129 e. The number of aliphatic hydroxyl groups is 2. The standard InChI is InChI=1S/C9H11Cl2NO2/c1-5-2-8(11)12-4-6(5)9(14)7(13)3-10/h2,4,7,9,13-14H,3H2,1H3. The number of rotatable bonds is 3. The largest absolute Gasteiger partial charge is 0.389 e. The van der Waals surface area contributed by atoms with Gasteiger partial charge in [0.2, 0.25) is 0 Å². The summed E-state index contributed by atoms with van der Waals surface area (Å²) in [6.07, 6.45) is -0.562. The van der Waals surface area contributed by atoms with Crippen molar-refractivity contribution in [1.82, 2.24) is 4.98 Å². The Hall–Kier alpha value is -0.350. The first-order valence-corrected chi connectivity index (χ1v) is 5.01. The molecule has 0 aliphatic carbocycles. The van der Waals surface area contributed by atoms with E-state index < -0.39 is 12.2 Å². The molecule has 1 rings (SSSR count). The number of aliphatic hydroxyl groups excluding tert-OH is 2. The first-order valence-electron chi connectivity index (χ1n) is 4.10. The van der Waals surface area contributed by atoms with Gasteiger partial charge in [0.25, 0.3) is 0 Å². The molecule has 0 spiro atoms. The Bertz CT molecular complexity index is 320. The molecule has 0 saturated carbocycles. The van der Waals surface area contributed by atoms with Gasteiger partial charge in [0.05, 0.1) is 12.0 Å². The Balaban J connectivity index is 2.95. The summed E-state index contributed by atoms with van der Waals surface area (Å²) in [4.78, 5) is 3.83. The van der Waals surface area contributed by atoms with Crippen LogP contribution in [0.4, 0.5) is 0 Å². The molecule has 2 N–H and O–H groups in total. The number of aryl methyl sites for hydroxylation is 1. The van der Waals surface area contributed by atoms with Gasteiger partial charge in [-0.3, -0.25) is 0 Å². The fraction of sp³-hybridized carbons (Fsp3) is 0.444. The molecule has 0 aliphatic rings. The lowest BCUT2D eigenvalue weighted by atomic mass is 10.0. The maximum atomic E-state index is 9.64. The lowest BCUT2D eigenvalue weighted by molar-refractivity contribution is 0.0321. The van der Waals surface area contributed by atoms with Crippen LogP contribution >= 0.6 is 23.2 Å². The van der Waals surface area contributed by atoms with Crippen LogP contribution in [0, 0.1) is 6.92 Å². The Kier molecular flexibility index (Phi) is 4.13. The molecule has 0 aliphatic heterocycles. The zero-order valence-electron chi connectivity index (χ0n) is 7.61. The molecule has 78 valence electrons. The molecule has 5 heteroatoms. The van der Waals surface area contributed by atoms with Gasteiger partial charge in [-0.05, 0) is 18.6 Å². The first kappa shape index (κ1) is 11.7. The number of alkyl halides is 1. The summed E-state index contributed by atoms with van der Waals surface area (Å²) >= 11 is 11.1. The number of aromatic nitrogens is 1. The van der Waals surface area contributed by atoms with Crippen molar-refractivity contribution in [3.63, 3.8) is 0 Å². The van der Waals surface area contributed by atoms with Gasteiger partial charge in [0.15, 0.2) is 0 Å². The van der Waals surface area contributed by atoms with E-state index in [-0.39, 0.29) is 5.88 Å². The van der Waals surface area contributed by atoms with Crippen molar-refractivity contribution in [2.75, 3.05) is 5.88 Å². The van der Waals surface area contributed by atoms with Crippen LogP contribution in [0.1, 0.15) is 17.2 Å². The Morgan fingerprint density at radius 2 is 2.14 bits per heavy atom. The van der Waals surface area contributed by atoms with Crippen LogP contribution in [0.2, 0.25) is 5.15 Å². The second kappa shape index (κ2) is 4.94. The SMILES string of the molecule is Cc1cc(Cl)ncc1C(O)C(O)CCl. The molecule has 1 aromatic rings. The smallest absolute Gasteiger partial charge is 0.129 e. The van der Waals surface area contributed by atoms with E-state index in [1.807, 2.05) is 0 Å². The molecule has 0 aromatic carbocycles. The molecular formula is C9H11Cl2NO2. The summed E-state index contributed by atoms with van der Waals surface area (Å²) in [7, 11) is 0. The normalized spacial score (nSPS) is 15.2. The van der Waals surface area contributed by atoms with Crippen molar-refractivity contribution in [2.24, 2.45) is 0 Å². The van der Waals surface area contributed by atoms with Crippen molar-refractivity contribution < 1.29 is 10.2 Å². The van der Waals surface area contributed by atoms with Gasteiger partial charge in [-0.25, -0.2) is 4.98 Å². The quantitative estimate of drug-likeness (QED) is 0.620. The zero-order valence-corrected chi connectivity index (χ0v) is 9.13. The van der Waals surface area contributed by atoms with Gasteiger partial charge in [0.1, 0.15) is 11.3 Å². The van der Waals surface area contributed by atoms with E-state index in [1.165, 1.54) is 6.20 Å².